The van der Waals surface area contributed by atoms with Gasteiger partial charge in [0.25, 0.3) is 0 Å². The first-order valence-corrected chi connectivity index (χ1v) is 5.93. The molecule has 0 aliphatic heterocycles. The summed E-state index contributed by atoms with van der Waals surface area (Å²) in [7, 11) is 0. The summed E-state index contributed by atoms with van der Waals surface area (Å²) >= 11 is 0. The van der Waals surface area contributed by atoms with E-state index in [1.165, 1.54) is 0 Å². The van der Waals surface area contributed by atoms with Crippen LogP contribution in [0.4, 0.5) is 13.2 Å². The number of nitrogens with one attached hydrogen (secondary N) is 1. The molecule has 0 saturated heterocycles. The Morgan fingerprint density at radius 2 is 1.85 bits per heavy atom. The Morgan fingerprint density at radius 3 is 2.30 bits per heavy atom. The van der Waals surface area contributed by atoms with E-state index in [-0.39, 0.29) is 6.42 Å². The van der Waals surface area contributed by atoms with Gasteiger partial charge in [-0.25, -0.2) is 0 Å². The first-order chi connectivity index (χ1) is 9.13. The molecule has 0 spiro atoms. The van der Waals surface area contributed by atoms with Crippen LogP contribution in [0.25, 0.3) is 0 Å². The first kappa shape index (κ1) is 16.5. The van der Waals surface area contributed by atoms with E-state index in [9.17, 15) is 23.1 Å². The molecule has 0 amide bonds. The standard InChI is InChI=1S/C13H16F3NO3/c1-12(20,13(14,15)16)8-17-10(11(18)19)7-9-5-3-2-4-6-9/h2-6,10,17,20H,7-8H2,1H3,(H,18,19)/t10-,12?/m0/s1. The molecule has 1 rings (SSSR count). The van der Waals surface area contributed by atoms with Crippen LogP contribution in [-0.4, -0.2) is 40.5 Å². The third-order valence-electron chi connectivity index (χ3n) is 2.88. The molecule has 0 aliphatic rings. The molecule has 0 aromatic heterocycles. The highest BCUT2D eigenvalue weighted by Gasteiger charge is 2.49. The quantitative estimate of drug-likeness (QED) is 0.744. The number of carboxylic acids is 1. The van der Waals surface area contributed by atoms with Gasteiger partial charge in [0.05, 0.1) is 0 Å². The number of rotatable bonds is 6. The van der Waals surface area contributed by atoms with Crippen LogP contribution < -0.4 is 5.32 Å². The zero-order valence-electron chi connectivity index (χ0n) is 10.8. The lowest BCUT2D eigenvalue weighted by atomic mass is 10.0. The van der Waals surface area contributed by atoms with E-state index in [1.54, 1.807) is 30.3 Å². The number of aliphatic carboxylic acids is 1. The van der Waals surface area contributed by atoms with Crippen molar-refractivity contribution in [3.8, 4) is 0 Å². The molecule has 0 fully saturated rings. The summed E-state index contributed by atoms with van der Waals surface area (Å²) in [5, 5.41) is 20.5. The molecular weight excluding hydrogens is 275 g/mol. The molecule has 0 aliphatic carbocycles. The van der Waals surface area contributed by atoms with Crippen LogP contribution in [0, 0.1) is 0 Å². The maximum atomic E-state index is 12.5. The number of hydrogen-bond donors (Lipinski definition) is 3. The Hall–Kier alpha value is -1.60. The molecule has 1 aromatic carbocycles. The van der Waals surface area contributed by atoms with Crippen molar-refractivity contribution in [3.05, 3.63) is 35.9 Å². The lowest BCUT2D eigenvalue weighted by molar-refractivity contribution is -0.250. The minimum Gasteiger partial charge on any atom is -0.480 e. The van der Waals surface area contributed by atoms with Crippen LogP contribution in [0.1, 0.15) is 12.5 Å². The normalized spacial score (nSPS) is 16.4. The van der Waals surface area contributed by atoms with Crippen LogP contribution in [-0.2, 0) is 11.2 Å². The van der Waals surface area contributed by atoms with Gasteiger partial charge in [-0.1, -0.05) is 30.3 Å². The predicted molar refractivity (Wildman–Crippen MR) is 66.3 cm³/mol. The maximum Gasteiger partial charge on any atom is 0.418 e. The third kappa shape index (κ3) is 4.50. The van der Waals surface area contributed by atoms with Gasteiger partial charge in [0.15, 0.2) is 5.60 Å². The second-order valence-electron chi connectivity index (χ2n) is 4.73. The van der Waals surface area contributed by atoms with Crippen LogP contribution in [0.5, 0.6) is 0 Å². The second kappa shape index (κ2) is 6.23. The molecular formula is C13H16F3NO3. The number of halogens is 3. The number of alkyl halides is 3. The molecule has 4 nitrogen and oxygen atoms in total. The monoisotopic (exact) mass is 291 g/mol. The van der Waals surface area contributed by atoms with E-state index in [1.807, 2.05) is 0 Å². The van der Waals surface area contributed by atoms with Gasteiger partial charge < -0.3 is 15.5 Å². The molecule has 2 atom stereocenters. The lowest BCUT2D eigenvalue weighted by Crippen LogP contribution is -2.53. The SMILES string of the molecule is CC(O)(CN[C@@H](Cc1ccccc1)C(=O)O)C(F)(F)F. The predicted octanol–water partition coefficient (Wildman–Crippen LogP) is 1.59. The van der Waals surface area contributed by atoms with Crippen molar-refractivity contribution in [2.24, 2.45) is 0 Å². The topological polar surface area (TPSA) is 69.6 Å². The Labute approximate surface area is 114 Å². The molecule has 0 bridgehead atoms. The molecule has 1 unspecified atom stereocenters. The van der Waals surface area contributed by atoms with E-state index < -0.39 is 30.3 Å². The average Bonchev–Trinajstić information content (AvgIpc) is 2.34. The summed E-state index contributed by atoms with van der Waals surface area (Å²) in [6.07, 6.45) is -4.79. The van der Waals surface area contributed by atoms with Gasteiger partial charge in [-0.15, -0.1) is 0 Å². The molecule has 0 radical (unpaired) electrons. The number of hydrogen-bond acceptors (Lipinski definition) is 3. The Bertz CT molecular complexity index is 446. The van der Waals surface area contributed by atoms with Crippen LogP contribution in [0.3, 0.4) is 0 Å². The fraction of sp³-hybridized carbons (Fsp3) is 0.462. The summed E-state index contributed by atoms with van der Waals surface area (Å²) in [6.45, 7) is -0.290. The van der Waals surface area contributed by atoms with Gasteiger partial charge >= 0.3 is 12.1 Å². The molecule has 112 valence electrons. The summed E-state index contributed by atoms with van der Waals surface area (Å²) in [5.41, 5.74) is -2.30. The van der Waals surface area contributed by atoms with Crippen LogP contribution >= 0.6 is 0 Å². The van der Waals surface area contributed by atoms with E-state index in [0.29, 0.717) is 12.5 Å². The van der Waals surface area contributed by atoms with Crippen molar-refractivity contribution >= 4 is 5.97 Å². The Balaban J connectivity index is 2.68. The zero-order valence-corrected chi connectivity index (χ0v) is 10.8. The smallest absolute Gasteiger partial charge is 0.418 e. The lowest BCUT2D eigenvalue weighted by Gasteiger charge is -2.28. The van der Waals surface area contributed by atoms with E-state index in [0.717, 1.165) is 0 Å². The van der Waals surface area contributed by atoms with Crippen molar-refractivity contribution in [3.63, 3.8) is 0 Å². The van der Waals surface area contributed by atoms with Gasteiger partial charge in [-0.05, 0) is 18.9 Å². The Kier molecular flexibility index (Phi) is 5.13. The van der Waals surface area contributed by atoms with Crippen molar-refractivity contribution < 1.29 is 28.2 Å². The van der Waals surface area contributed by atoms with Crippen LogP contribution in [0.15, 0.2) is 30.3 Å². The zero-order chi connectivity index (χ0) is 15.4. The fourth-order valence-corrected chi connectivity index (χ4v) is 1.52. The summed E-state index contributed by atoms with van der Waals surface area (Å²) in [6, 6.07) is 7.33. The molecule has 7 heteroatoms. The molecule has 3 N–H and O–H groups in total. The highest BCUT2D eigenvalue weighted by Crippen LogP contribution is 2.29. The average molecular weight is 291 g/mol. The fourth-order valence-electron chi connectivity index (χ4n) is 1.52. The summed E-state index contributed by atoms with van der Waals surface area (Å²) < 4.78 is 37.4. The number of aliphatic hydroxyl groups is 1. The van der Waals surface area contributed by atoms with Crippen LogP contribution in [0.2, 0.25) is 0 Å². The minimum absolute atomic E-state index is 0.0319. The largest absolute Gasteiger partial charge is 0.480 e. The van der Waals surface area contributed by atoms with E-state index >= 15 is 0 Å². The van der Waals surface area contributed by atoms with Gasteiger partial charge in [-0.3, -0.25) is 4.79 Å². The number of carbonyl (C=O) groups is 1. The number of benzene rings is 1. The first-order valence-electron chi connectivity index (χ1n) is 5.93. The van der Waals surface area contributed by atoms with Gasteiger partial charge in [0.2, 0.25) is 0 Å². The molecule has 0 heterocycles. The summed E-state index contributed by atoms with van der Waals surface area (Å²) in [5.74, 6) is -1.27. The van der Waals surface area contributed by atoms with Gasteiger partial charge in [0.1, 0.15) is 6.04 Å². The van der Waals surface area contributed by atoms with E-state index in [4.69, 9.17) is 5.11 Å². The van der Waals surface area contributed by atoms with E-state index in [2.05, 4.69) is 5.32 Å². The molecule has 20 heavy (non-hydrogen) atoms. The minimum atomic E-state index is -4.82. The van der Waals surface area contributed by atoms with Crippen molar-refractivity contribution in [1.82, 2.24) is 5.32 Å². The van der Waals surface area contributed by atoms with Gasteiger partial charge in [0, 0.05) is 6.54 Å². The van der Waals surface area contributed by atoms with Crippen molar-refractivity contribution in [1.29, 1.82) is 0 Å². The Morgan fingerprint density at radius 1 is 1.30 bits per heavy atom. The summed E-state index contributed by atoms with van der Waals surface area (Å²) in [4.78, 5) is 11.0. The highest BCUT2D eigenvalue weighted by molar-refractivity contribution is 5.73. The van der Waals surface area contributed by atoms with Crippen molar-refractivity contribution in [2.75, 3.05) is 6.54 Å². The number of carboxylic acid groups (broad SMARTS) is 1. The third-order valence-corrected chi connectivity index (χ3v) is 2.88. The molecule has 0 saturated carbocycles. The van der Waals surface area contributed by atoms with Crippen molar-refractivity contribution in [2.45, 2.75) is 31.2 Å². The second-order valence-corrected chi connectivity index (χ2v) is 4.73. The maximum absolute atomic E-state index is 12.5. The molecule has 1 aromatic rings. The highest BCUT2D eigenvalue weighted by atomic mass is 19.4. The van der Waals surface area contributed by atoms with Gasteiger partial charge in [-0.2, -0.15) is 13.2 Å².